The van der Waals surface area contributed by atoms with Gasteiger partial charge in [-0.05, 0) is 19.9 Å². The lowest BCUT2D eigenvalue weighted by molar-refractivity contribution is 0.0994. The molecule has 0 bridgehead atoms. The van der Waals surface area contributed by atoms with Crippen LogP contribution < -0.4 is 15.4 Å². The standard InChI is InChI=1S/C18H21N7O2/c1-11-12(2)23-18-21-10-22-25(18)17(11)24-7-4-13(5-8-24)27-14-3-6-20-15(9-14)16(19)26/h3,6,9-10,13H,4-5,7-8H2,1-2H3,(H2,19,26). The van der Waals surface area contributed by atoms with Crippen LogP contribution in [0, 0.1) is 13.8 Å². The van der Waals surface area contributed by atoms with Crippen molar-refractivity contribution in [3.63, 3.8) is 0 Å². The number of rotatable bonds is 4. The van der Waals surface area contributed by atoms with Gasteiger partial charge in [0.05, 0.1) is 0 Å². The van der Waals surface area contributed by atoms with Crippen LogP contribution in [-0.2, 0) is 0 Å². The SMILES string of the molecule is Cc1nc2ncnn2c(N2CCC(Oc3ccnc(C(N)=O)c3)CC2)c1C. The van der Waals surface area contributed by atoms with Crippen LogP contribution in [0.4, 0.5) is 5.82 Å². The fourth-order valence-corrected chi connectivity index (χ4v) is 3.38. The number of ether oxygens (including phenoxy) is 1. The minimum atomic E-state index is -0.560. The van der Waals surface area contributed by atoms with E-state index >= 15 is 0 Å². The summed E-state index contributed by atoms with van der Waals surface area (Å²) >= 11 is 0. The van der Waals surface area contributed by atoms with Crippen LogP contribution in [0.5, 0.6) is 5.75 Å². The molecule has 0 radical (unpaired) electrons. The number of anilines is 1. The van der Waals surface area contributed by atoms with Gasteiger partial charge < -0.3 is 15.4 Å². The van der Waals surface area contributed by atoms with Gasteiger partial charge in [-0.2, -0.15) is 14.6 Å². The second-order valence-electron chi connectivity index (χ2n) is 6.66. The Balaban J connectivity index is 1.48. The number of aryl methyl sites for hydroxylation is 1. The maximum Gasteiger partial charge on any atom is 0.267 e. The van der Waals surface area contributed by atoms with Gasteiger partial charge in [-0.15, -0.1) is 0 Å². The third kappa shape index (κ3) is 3.27. The Labute approximate surface area is 156 Å². The molecule has 1 amide bonds. The third-order valence-electron chi connectivity index (χ3n) is 4.90. The lowest BCUT2D eigenvalue weighted by Gasteiger charge is -2.34. The summed E-state index contributed by atoms with van der Waals surface area (Å²) in [5, 5.41) is 4.33. The molecule has 0 saturated carbocycles. The summed E-state index contributed by atoms with van der Waals surface area (Å²) in [4.78, 5) is 26.2. The average molecular weight is 367 g/mol. The molecular formula is C18H21N7O2. The first-order chi connectivity index (χ1) is 13.0. The van der Waals surface area contributed by atoms with Crippen molar-refractivity contribution < 1.29 is 9.53 Å². The Kier molecular flexibility index (Phi) is 4.35. The number of carbonyl (C=O) groups is 1. The number of carbonyl (C=O) groups excluding carboxylic acids is 1. The van der Waals surface area contributed by atoms with E-state index in [2.05, 4.69) is 31.9 Å². The maximum atomic E-state index is 11.3. The van der Waals surface area contributed by atoms with Gasteiger partial charge in [0, 0.05) is 49.5 Å². The normalized spacial score (nSPS) is 15.3. The predicted molar refractivity (Wildman–Crippen MR) is 98.9 cm³/mol. The summed E-state index contributed by atoms with van der Waals surface area (Å²) in [5.41, 5.74) is 7.55. The minimum absolute atomic E-state index is 0.0684. The lowest BCUT2D eigenvalue weighted by Crippen LogP contribution is -2.39. The van der Waals surface area contributed by atoms with E-state index in [1.165, 1.54) is 12.5 Å². The zero-order valence-electron chi connectivity index (χ0n) is 15.3. The molecule has 27 heavy (non-hydrogen) atoms. The highest BCUT2D eigenvalue weighted by Gasteiger charge is 2.25. The van der Waals surface area contributed by atoms with Crippen LogP contribution >= 0.6 is 0 Å². The van der Waals surface area contributed by atoms with Gasteiger partial charge in [0.15, 0.2) is 0 Å². The Morgan fingerprint density at radius 1 is 1.26 bits per heavy atom. The van der Waals surface area contributed by atoms with Crippen LogP contribution in [0.15, 0.2) is 24.7 Å². The van der Waals surface area contributed by atoms with E-state index < -0.39 is 5.91 Å². The molecule has 3 aromatic heterocycles. The third-order valence-corrected chi connectivity index (χ3v) is 4.90. The molecule has 140 valence electrons. The van der Waals surface area contributed by atoms with Gasteiger partial charge in [0.2, 0.25) is 0 Å². The summed E-state index contributed by atoms with van der Waals surface area (Å²) in [6.07, 6.45) is 4.84. The molecule has 9 heteroatoms. The summed E-state index contributed by atoms with van der Waals surface area (Å²) in [7, 11) is 0. The van der Waals surface area contributed by atoms with Crippen molar-refractivity contribution in [1.29, 1.82) is 0 Å². The second-order valence-corrected chi connectivity index (χ2v) is 6.66. The molecule has 0 unspecified atom stereocenters. The smallest absolute Gasteiger partial charge is 0.267 e. The highest BCUT2D eigenvalue weighted by molar-refractivity contribution is 5.91. The maximum absolute atomic E-state index is 11.3. The van der Waals surface area contributed by atoms with Crippen molar-refractivity contribution in [2.45, 2.75) is 32.8 Å². The number of pyridine rings is 1. The Morgan fingerprint density at radius 2 is 2.04 bits per heavy atom. The number of amides is 1. The van der Waals surface area contributed by atoms with Crippen molar-refractivity contribution >= 4 is 17.5 Å². The first-order valence-electron chi connectivity index (χ1n) is 8.87. The van der Waals surface area contributed by atoms with E-state index in [9.17, 15) is 4.79 Å². The van der Waals surface area contributed by atoms with Gasteiger partial charge in [-0.1, -0.05) is 0 Å². The Hall–Kier alpha value is -3.23. The summed E-state index contributed by atoms with van der Waals surface area (Å²) in [6.45, 7) is 5.71. The predicted octanol–water partition coefficient (Wildman–Crippen LogP) is 1.28. The number of nitrogens with zero attached hydrogens (tertiary/aromatic N) is 6. The highest BCUT2D eigenvalue weighted by Crippen LogP contribution is 2.27. The fraction of sp³-hybridized carbons (Fsp3) is 0.389. The van der Waals surface area contributed by atoms with E-state index in [1.54, 1.807) is 16.6 Å². The van der Waals surface area contributed by atoms with Crippen molar-refractivity contribution in [3.8, 4) is 5.75 Å². The van der Waals surface area contributed by atoms with Crippen LogP contribution in [-0.4, -0.2) is 49.7 Å². The van der Waals surface area contributed by atoms with Gasteiger partial charge in [0.1, 0.15) is 29.7 Å². The van der Waals surface area contributed by atoms with E-state index in [0.29, 0.717) is 11.5 Å². The molecule has 0 aromatic carbocycles. The first kappa shape index (κ1) is 17.2. The van der Waals surface area contributed by atoms with Crippen LogP contribution in [0.25, 0.3) is 5.78 Å². The lowest BCUT2D eigenvalue weighted by atomic mass is 10.1. The molecule has 4 heterocycles. The van der Waals surface area contributed by atoms with Crippen molar-refractivity contribution in [3.05, 3.63) is 41.6 Å². The summed E-state index contributed by atoms with van der Waals surface area (Å²) in [5.74, 6) is 1.71. The van der Waals surface area contributed by atoms with Gasteiger partial charge in [-0.3, -0.25) is 9.78 Å². The van der Waals surface area contributed by atoms with Crippen molar-refractivity contribution in [1.82, 2.24) is 24.6 Å². The molecule has 1 saturated heterocycles. The van der Waals surface area contributed by atoms with Gasteiger partial charge in [0.25, 0.3) is 11.7 Å². The molecule has 4 rings (SSSR count). The number of hydrogen-bond acceptors (Lipinski definition) is 7. The number of fused-ring (bicyclic) bond motifs is 1. The number of hydrogen-bond donors (Lipinski definition) is 1. The molecule has 1 aliphatic rings. The van der Waals surface area contributed by atoms with Gasteiger partial charge in [-0.25, -0.2) is 4.98 Å². The highest BCUT2D eigenvalue weighted by atomic mass is 16.5. The van der Waals surface area contributed by atoms with Gasteiger partial charge >= 0.3 is 0 Å². The van der Waals surface area contributed by atoms with E-state index in [4.69, 9.17) is 10.5 Å². The first-order valence-corrected chi connectivity index (χ1v) is 8.87. The zero-order chi connectivity index (χ0) is 19.0. The van der Waals surface area contributed by atoms with Crippen LogP contribution in [0.2, 0.25) is 0 Å². The summed E-state index contributed by atoms with van der Waals surface area (Å²) < 4.78 is 7.83. The number of piperidine rings is 1. The second kappa shape index (κ2) is 6.82. The van der Waals surface area contributed by atoms with E-state index in [0.717, 1.165) is 43.0 Å². The van der Waals surface area contributed by atoms with E-state index in [1.807, 2.05) is 6.92 Å². The molecule has 0 aliphatic carbocycles. The van der Waals surface area contributed by atoms with E-state index in [-0.39, 0.29) is 11.8 Å². The average Bonchev–Trinajstić information content (AvgIpc) is 3.11. The minimum Gasteiger partial charge on any atom is -0.490 e. The largest absolute Gasteiger partial charge is 0.490 e. The molecular weight excluding hydrogens is 346 g/mol. The number of aromatic nitrogens is 5. The monoisotopic (exact) mass is 367 g/mol. The molecule has 0 atom stereocenters. The quantitative estimate of drug-likeness (QED) is 0.739. The van der Waals surface area contributed by atoms with Crippen LogP contribution in [0.3, 0.4) is 0 Å². The molecule has 3 aromatic rings. The molecule has 2 N–H and O–H groups in total. The van der Waals surface area contributed by atoms with Crippen molar-refractivity contribution in [2.75, 3.05) is 18.0 Å². The number of primary amides is 1. The molecule has 1 fully saturated rings. The summed E-state index contributed by atoms with van der Waals surface area (Å²) in [6, 6.07) is 3.33. The zero-order valence-corrected chi connectivity index (χ0v) is 15.3. The fourth-order valence-electron chi connectivity index (χ4n) is 3.38. The molecule has 0 spiro atoms. The number of nitrogens with two attached hydrogens (primary N) is 1. The Bertz CT molecular complexity index is 993. The Morgan fingerprint density at radius 3 is 2.78 bits per heavy atom. The van der Waals surface area contributed by atoms with Crippen LogP contribution in [0.1, 0.15) is 34.6 Å². The topological polar surface area (TPSA) is 112 Å². The molecule has 1 aliphatic heterocycles. The molecule has 9 nitrogen and oxygen atoms in total. The van der Waals surface area contributed by atoms with Crippen molar-refractivity contribution in [2.24, 2.45) is 5.73 Å².